The maximum atomic E-state index is 12.2. The van der Waals surface area contributed by atoms with E-state index in [1.807, 2.05) is 26.0 Å². The topological polar surface area (TPSA) is 53.8 Å². The lowest BCUT2D eigenvalue weighted by Crippen LogP contribution is -2.34. The van der Waals surface area contributed by atoms with Gasteiger partial charge in [-0.3, -0.25) is 14.5 Å². The Bertz CT molecular complexity index is 615. The molecule has 22 heavy (non-hydrogen) atoms. The van der Waals surface area contributed by atoms with E-state index in [2.05, 4.69) is 4.90 Å². The van der Waals surface area contributed by atoms with Gasteiger partial charge in [-0.05, 0) is 50.9 Å². The molecule has 0 bridgehead atoms. The third kappa shape index (κ3) is 2.92. The highest BCUT2D eigenvalue weighted by molar-refractivity contribution is 8.18. The highest BCUT2D eigenvalue weighted by atomic mass is 32.2. The second-order valence-electron chi connectivity index (χ2n) is 5.87. The first-order chi connectivity index (χ1) is 10.6. The standard InChI is InChI=1S/C16H20N2O3S/c1-11(2)18-15(19)13(22-16(18)20)10-12-6-7-14(21-12)17-8-4-3-5-9-17/h6-7,10-11H,3-5,8-9H2,1-2H3/b13-10+. The van der Waals surface area contributed by atoms with Crippen LogP contribution in [0.1, 0.15) is 38.9 Å². The molecule has 2 aliphatic heterocycles. The van der Waals surface area contributed by atoms with Crippen LogP contribution in [0.5, 0.6) is 0 Å². The van der Waals surface area contributed by atoms with E-state index < -0.39 is 0 Å². The molecule has 2 amide bonds. The molecule has 3 heterocycles. The van der Waals surface area contributed by atoms with Gasteiger partial charge >= 0.3 is 0 Å². The van der Waals surface area contributed by atoms with Crippen LogP contribution in [0.4, 0.5) is 10.7 Å². The fraction of sp³-hybridized carbons (Fsp3) is 0.500. The number of thioether (sulfide) groups is 1. The largest absolute Gasteiger partial charge is 0.441 e. The van der Waals surface area contributed by atoms with Gasteiger partial charge in [-0.1, -0.05) is 0 Å². The summed E-state index contributed by atoms with van der Waals surface area (Å²) in [5.74, 6) is 1.23. The molecular formula is C16H20N2O3S. The van der Waals surface area contributed by atoms with E-state index in [1.165, 1.54) is 24.2 Å². The number of hydrogen-bond donors (Lipinski definition) is 0. The van der Waals surface area contributed by atoms with E-state index in [0.29, 0.717) is 10.7 Å². The first-order valence-corrected chi connectivity index (χ1v) is 8.50. The molecule has 0 N–H and O–H groups in total. The van der Waals surface area contributed by atoms with Crippen LogP contribution >= 0.6 is 11.8 Å². The summed E-state index contributed by atoms with van der Waals surface area (Å²) in [6.07, 6.45) is 5.31. The third-order valence-corrected chi connectivity index (χ3v) is 4.78. The van der Waals surface area contributed by atoms with Gasteiger partial charge in [0.25, 0.3) is 11.1 Å². The number of amides is 2. The van der Waals surface area contributed by atoms with Gasteiger partial charge in [0.1, 0.15) is 5.76 Å². The zero-order valence-corrected chi connectivity index (χ0v) is 13.7. The van der Waals surface area contributed by atoms with Crippen LogP contribution < -0.4 is 4.90 Å². The van der Waals surface area contributed by atoms with Crippen molar-refractivity contribution >= 4 is 34.9 Å². The van der Waals surface area contributed by atoms with E-state index in [9.17, 15) is 9.59 Å². The minimum Gasteiger partial charge on any atom is -0.441 e. The van der Waals surface area contributed by atoms with E-state index in [1.54, 1.807) is 6.08 Å². The Hall–Kier alpha value is -1.69. The molecule has 2 fully saturated rings. The van der Waals surface area contributed by atoms with Crippen molar-refractivity contribution in [1.82, 2.24) is 4.90 Å². The summed E-state index contributed by atoms with van der Waals surface area (Å²) >= 11 is 0.975. The molecule has 6 heteroatoms. The fourth-order valence-electron chi connectivity index (χ4n) is 2.76. The van der Waals surface area contributed by atoms with E-state index in [-0.39, 0.29) is 17.2 Å². The molecule has 0 spiro atoms. The molecule has 1 aromatic rings. The maximum absolute atomic E-state index is 12.2. The Morgan fingerprint density at radius 1 is 1.18 bits per heavy atom. The van der Waals surface area contributed by atoms with Gasteiger partial charge in [0.2, 0.25) is 0 Å². The van der Waals surface area contributed by atoms with Gasteiger partial charge < -0.3 is 9.32 Å². The van der Waals surface area contributed by atoms with Gasteiger partial charge in [0, 0.05) is 31.3 Å². The molecule has 0 aliphatic carbocycles. The summed E-state index contributed by atoms with van der Waals surface area (Å²) in [4.78, 5) is 28.0. The van der Waals surface area contributed by atoms with Crippen molar-refractivity contribution in [2.45, 2.75) is 39.2 Å². The number of carbonyl (C=O) groups is 2. The summed E-state index contributed by atoms with van der Waals surface area (Å²) in [5.41, 5.74) is 0. The van der Waals surface area contributed by atoms with Crippen LogP contribution in [0.25, 0.3) is 6.08 Å². The lowest BCUT2D eigenvalue weighted by Gasteiger charge is -2.25. The van der Waals surface area contributed by atoms with Crippen LogP contribution in [-0.2, 0) is 4.79 Å². The Labute approximate surface area is 134 Å². The Morgan fingerprint density at radius 3 is 2.55 bits per heavy atom. The van der Waals surface area contributed by atoms with E-state index >= 15 is 0 Å². The molecule has 3 rings (SSSR count). The average molecular weight is 320 g/mol. The van der Waals surface area contributed by atoms with Crippen LogP contribution in [0.2, 0.25) is 0 Å². The molecule has 0 aromatic carbocycles. The van der Waals surface area contributed by atoms with E-state index in [4.69, 9.17) is 4.42 Å². The summed E-state index contributed by atoms with van der Waals surface area (Å²) in [6.45, 7) is 5.69. The molecule has 2 saturated heterocycles. The zero-order chi connectivity index (χ0) is 15.7. The van der Waals surface area contributed by atoms with Crippen LogP contribution in [0, 0.1) is 0 Å². The molecule has 118 valence electrons. The van der Waals surface area contributed by atoms with Crippen molar-refractivity contribution < 1.29 is 14.0 Å². The van der Waals surface area contributed by atoms with Gasteiger partial charge in [0.05, 0.1) is 4.91 Å². The smallest absolute Gasteiger partial charge is 0.293 e. The molecule has 5 nitrogen and oxygen atoms in total. The average Bonchev–Trinajstić information content (AvgIpc) is 3.06. The number of piperidine rings is 1. The predicted octanol–water partition coefficient (Wildman–Crippen LogP) is 3.71. The maximum Gasteiger partial charge on any atom is 0.293 e. The van der Waals surface area contributed by atoms with Crippen molar-refractivity contribution in [3.63, 3.8) is 0 Å². The summed E-state index contributed by atoms with van der Waals surface area (Å²) in [6, 6.07) is 3.66. The number of anilines is 1. The third-order valence-electron chi connectivity index (χ3n) is 3.89. The number of rotatable bonds is 3. The second kappa shape index (κ2) is 6.20. The van der Waals surface area contributed by atoms with Gasteiger partial charge in [0.15, 0.2) is 5.88 Å². The molecular weight excluding hydrogens is 300 g/mol. The highest BCUT2D eigenvalue weighted by Gasteiger charge is 2.36. The van der Waals surface area contributed by atoms with Crippen molar-refractivity contribution in [2.75, 3.05) is 18.0 Å². The quantitative estimate of drug-likeness (QED) is 0.795. The molecule has 1 aromatic heterocycles. The first-order valence-electron chi connectivity index (χ1n) is 7.68. The number of imide groups is 1. The normalized spacial score (nSPS) is 21.5. The van der Waals surface area contributed by atoms with Crippen molar-refractivity contribution in [1.29, 1.82) is 0 Å². The predicted molar refractivity (Wildman–Crippen MR) is 87.7 cm³/mol. The highest BCUT2D eigenvalue weighted by Crippen LogP contribution is 2.34. The van der Waals surface area contributed by atoms with Crippen molar-refractivity contribution in [2.24, 2.45) is 0 Å². The van der Waals surface area contributed by atoms with Gasteiger partial charge in [-0.25, -0.2) is 0 Å². The minimum atomic E-state index is -0.235. The molecule has 0 radical (unpaired) electrons. The Morgan fingerprint density at radius 2 is 1.91 bits per heavy atom. The second-order valence-corrected chi connectivity index (χ2v) is 6.86. The summed E-state index contributed by atoms with van der Waals surface area (Å²) in [5, 5.41) is -0.214. The number of nitrogens with zero attached hydrogens (tertiary/aromatic N) is 2. The molecule has 2 aliphatic rings. The summed E-state index contributed by atoms with van der Waals surface area (Å²) < 4.78 is 5.82. The van der Waals surface area contributed by atoms with Crippen LogP contribution in [-0.4, -0.2) is 35.2 Å². The number of carbonyl (C=O) groups excluding carboxylic acids is 2. The van der Waals surface area contributed by atoms with E-state index in [0.717, 1.165) is 30.7 Å². The minimum absolute atomic E-state index is 0.126. The zero-order valence-electron chi connectivity index (χ0n) is 12.9. The number of hydrogen-bond acceptors (Lipinski definition) is 5. The lowest BCUT2D eigenvalue weighted by molar-refractivity contribution is -0.123. The first kappa shape index (κ1) is 15.2. The van der Waals surface area contributed by atoms with Crippen molar-refractivity contribution in [3.8, 4) is 0 Å². The molecule has 0 saturated carbocycles. The van der Waals surface area contributed by atoms with Crippen molar-refractivity contribution in [3.05, 3.63) is 22.8 Å². The SMILES string of the molecule is CC(C)N1C(=O)S/C(=C/c2ccc(N3CCCCC3)o2)C1=O. The number of furan rings is 1. The van der Waals surface area contributed by atoms with Crippen LogP contribution in [0.3, 0.4) is 0 Å². The van der Waals surface area contributed by atoms with Gasteiger partial charge in [-0.2, -0.15) is 0 Å². The molecule has 0 unspecified atom stereocenters. The fourth-order valence-corrected chi connectivity index (χ4v) is 3.70. The summed E-state index contributed by atoms with van der Waals surface area (Å²) in [7, 11) is 0. The Kier molecular flexibility index (Phi) is 4.29. The monoisotopic (exact) mass is 320 g/mol. The Balaban J connectivity index is 1.77. The van der Waals surface area contributed by atoms with Gasteiger partial charge in [-0.15, -0.1) is 0 Å². The lowest BCUT2D eigenvalue weighted by atomic mass is 10.1. The molecule has 0 atom stereocenters. The van der Waals surface area contributed by atoms with Crippen LogP contribution in [0.15, 0.2) is 21.5 Å².